The lowest BCUT2D eigenvalue weighted by molar-refractivity contribution is 0.774. The molecule has 0 heterocycles. The highest BCUT2D eigenvalue weighted by Crippen LogP contribution is 2.17. The third-order valence-corrected chi connectivity index (χ3v) is 3.51. The van der Waals surface area contributed by atoms with Crippen molar-refractivity contribution in [2.75, 3.05) is 0 Å². The summed E-state index contributed by atoms with van der Waals surface area (Å²) in [6.07, 6.45) is 2.92. The molecule has 1 atom stereocenters. The Balaban J connectivity index is 2.53. The smallest absolute Gasteiger partial charge is 0.0714 e. The Morgan fingerprint density at radius 2 is 2.00 bits per heavy atom. The third kappa shape index (κ3) is 4.23. The minimum Gasteiger partial charge on any atom is -0.298 e. The number of benzene rings is 1. The van der Waals surface area contributed by atoms with Crippen molar-refractivity contribution in [3.8, 4) is 0 Å². The predicted octanol–water partition coefficient (Wildman–Crippen LogP) is 4.42. The first-order valence-electron chi connectivity index (χ1n) is 5.55. The third-order valence-electron chi connectivity index (χ3n) is 2.44. The maximum absolute atomic E-state index is 7.90. The van der Waals surface area contributed by atoms with Gasteiger partial charge in [-0.05, 0) is 31.2 Å². The molecule has 0 saturated carbocycles. The van der Waals surface area contributed by atoms with Gasteiger partial charge < -0.3 is 0 Å². The van der Waals surface area contributed by atoms with E-state index in [1.54, 1.807) is 0 Å². The van der Waals surface area contributed by atoms with E-state index >= 15 is 0 Å². The summed E-state index contributed by atoms with van der Waals surface area (Å²) >= 11 is 1.51. The van der Waals surface area contributed by atoms with Crippen LogP contribution >= 0.6 is 11.8 Å². The quantitative estimate of drug-likeness (QED) is 0.604. The van der Waals surface area contributed by atoms with Gasteiger partial charge in [-0.25, -0.2) is 0 Å². The Kier molecular flexibility index (Phi) is 5.33. The normalized spacial score (nSPS) is 12.9. The molecule has 0 radical (unpaired) electrons. The first kappa shape index (κ1) is 13.0. The fourth-order valence-corrected chi connectivity index (χ4v) is 2.03. The molecule has 2 heteroatoms. The standard InChI is InChI=1S/C14H19NS/c1-4-9-16-14(15)12(3)10-13-7-5-11(2)6-8-13/h4-9,12,15H,10H2,1-3H3/b9-4+,15-14?. The van der Waals surface area contributed by atoms with Crippen molar-refractivity contribution >= 4 is 16.8 Å². The van der Waals surface area contributed by atoms with Crippen molar-refractivity contribution in [3.05, 3.63) is 46.9 Å². The van der Waals surface area contributed by atoms with Gasteiger partial charge in [0.2, 0.25) is 0 Å². The van der Waals surface area contributed by atoms with Crippen LogP contribution in [0.4, 0.5) is 0 Å². The number of nitrogens with one attached hydrogen (secondary N) is 1. The molecule has 0 amide bonds. The van der Waals surface area contributed by atoms with Crippen molar-refractivity contribution < 1.29 is 0 Å². The summed E-state index contributed by atoms with van der Waals surface area (Å²) in [7, 11) is 0. The average molecular weight is 233 g/mol. The summed E-state index contributed by atoms with van der Waals surface area (Å²) in [4.78, 5) is 0. The average Bonchev–Trinajstić information content (AvgIpc) is 2.29. The van der Waals surface area contributed by atoms with Crippen LogP contribution in [0.5, 0.6) is 0 Å². The fraction of sp³-hybridized carbons (Fsp3) is 0.357. The Morgan fingerprint density at radius 3 is 2.56 bits per heavy atom. The molecule has 0 fully saturated rings. The second-order valence-corrected chi connectivity index (χ2v) is 4.99. The lowest BCUT2D eigenvalue weighted by Crippen LogP contribution is -2.08. The van der Waals surface area contributed by atoms with Gasteiger partial charge in [-0.1, -0.05) is 54.6 Å². The first-order chi connectivity index (χ1) is 7.63. The van der Waals surface area contributed by atoms with Gasteiger partial charge in [-0.15, -0.1) is 0 Å². The van der Waals surface area contributed by atoms with Gasteiger partial charge in [-0.2, -0.15) is 0 Å². The second kappa shape index (κ2) is 6.54. The molecule has 16 heavy (non-hydrogen) atoms. The maximum atomic E-state index is 7.90. The van der Waals surface area contributed by atoms with Crippen molar-refractivity contribution in [1.29, 1.82) is 5.41 Å². The molecule has 0 aliphatic rings. The zero-order valence-corrected chi connectivity index (χ0v) is 11.0. The Bertz CT molecular complexity index is 365. The zero-order valence-electron chi connectivity index (χ0n) is 10.2. The van der Waals surface area contributed by atoms with Crippen LogP contribution in [0.1, 0.15) is 25.0 Å². The van der Waals surface area contributed by atoms with E-state index in [2.05, 4.69) is 38.1 Å². The van der Waals surface area contributed by atoms with Crippen molar-refractivity contribution in [1.82, 2.24) is 0 Å². The lowest BCUT2D eigenvalue weighted by Gasteiger charge is -2.11. The van der Waals surface area contributed by atoms with Crippen molar-refractivity contribution in [2.45, 2.75) is 27.2 Å². The molecule has 1 N–H and O–H groups in total. The van der Waals surface area contributed by atoms with Gasteiger partial charge in [0.25, 0.3) is 0 Å². The van der Waals surface area contributed by atoms with E-state index in [-0.39, 0.29) is 0 Å². The van der Waals surface area contributed by atoms with Crippen LogP contribution in [0.3, 0.4) is 0 Å². The van der Waals surface area contributed by atoms with E-state index < -0.39 is 0 Å². The van der Waals surface area contributed by atoms with E-state index in [1.165, 1.54) is 22.9 Å². The lowest BCUT2D eigenvalue weighted by atomic mass is 10.0. The van der Waals surface area contributed by atoms with Crippen LogP contribution in [-0.4, -0.2) is 5.04 Å². The number of thioether (sulfide) groups is 1. The number of aryl methyl sites for hydroxylation is 1. The van der Waals surface area contributed by atoms with Gasteiger partial charge in [0.05, 0.1) is 5.04 Å². The van der Waals surface area contributed by atoms with Gasteiger partial charge >= 0.3 is 0 Å². The van der Waals surface area contributed by atoms with Crippen LogP contribution in [0.15, 0.2) is 35.7 Å². The van der Waals surface area contributed by atoms with Crippen LogP contribution in [0.2, 0.25) is 0 Å². The Hall–Kier alpha value is -1.02. The maximum Gasteiger partial charge on any atom is 0.0714 e. The molecule has 1 nitrogen and oxygen atoms in total. The first-order valence-corrected chi connectivity index (χ1v) is 6.43. The van der Waals surface area contributed by atoms with Crippen molar-refractivity contribution in [2.24, 2.45) is 5.92 Å². The zero-order chi connectivity index (χ0) is 12.0. The summed E-state index contributed by atoms with van der Waals surface area (Å²) in [6.45, 7) is 6.18. The number of hydrogen-bond acceptors (Lipinski definition) is 2. The summed E-state index contributed by atoms with van der Waals surface area (Å²) in [5.41, 5.74) is 2.60. The molecule has 0 aromatic heterocycles. The minimum absolute atomic E-state index is 0.295. The molecule has 1 aromatic carbocycles. The topological polar surface area (TPSA) is 23.9 Å². The molecule has 1 rings (SSSR count). The van der Waals surface area contributed by atoms with Gasteiger partial charge in [0.15, 0.2) is 0 Å². The molecule has 1 unspecified atom stereocenters. The number of rotatable bonds is 4. The summed E-state index contributed by atoms with van der Waals surface area (Å²) < 4.78 is 0. The summed E-state index contributed by atoms with van der Waals surface area (Å²) in [5, 5.41) is 10.6. The Morgan fingerprint density at radius 1 is 1.38 bits per heavy atom. The van der Waals surface area contributed by atoms with Crippen LogP contribution < -0.4 is 0 Å². The SMILES string of the molecule is C/C=C/SC(=N)C(C)Cc1ccc(C)cc1. The molecule has 86 valence electrons. The van der Waals surface area contributed by atoms with Gasteiger partial charge in [-0.3, -0.25) is 5.41 Å². The molecular formula is C14H19NS. The minimum atomic E-state index is 0.295. The summed E-state index contributed by atoms with van der Waals surface area (Å²) in [5.74, 6) is 0.295. The molecule has 0 spiro atoms. The predicted molar refractivity (Wildman–Crippen MR) is 74.2 cm³/mol. The van der Waals surface area contributed by atoms with Crippen LogP contribution in [0, 0.1) is 18.3 Å². The van der Waals surface area contributed by atoms with Crippen molar-refractivity contribution in [3.63, 3.8) is 0 Å². The molecule has 0 aliphatic heterocycles. The molecule has 0 bridgehead atoms. The highest BCUT2D eigenvalue weighted by molar-refractivity contribution is 8.16. The molecule has 0 aliphatic carbocycles. The van der Waals surface area contributed by atoms with Crippen LogP contribution in [0.25, 0.3) is 0 Å². The van der Waals surface area contributed by atoms with Gasteiger partial charge in [0, 0.05) is 5.92 Å². The summed E-state index contributed by atoms with van der Waals surface area (Å²) in [6, 6.07) is 8.56. The van der Waals surface area contributed by atoms with E-state index in [0.29, 0.717) is 5.92 Å². The van der Waals surface area contributed by atoms with Crippen LogP contribution in [-0.2, 0) is 6.42 Å². The Labute approximate surface area is 102 Å². The number of allylic oxidation sites excluding steroid dienone is 1. The highest BCUT2D eigenvalue weighted by Gasteiger charge is 2.09. The molecular weight excluding hydrogens is 214 g/mol. The number of hydrogen-bond donors (Lipinski definition) is 1. The van der Waals surface area contributed by atoms with E-state index in [0.717, 1.165) is 11.5 Å². The van der Waals surface area contributed by atoms with E-state index in [1.807, 2.05) is 18.4 Å². The molecule has 1 aromatic rings. The molecule has 0 saturated heterocycles. The monoisotopic (exact) mass is 233 g/mol. The van der Waals surface area contributed by atoms with E-state index in [9.17, 15) is 0 Å². The highest BCUT2D eigenvalue weighted by atomic mass is 32.2. The fourth-order valence-electron chi connectivity index (χ4n) is 1.43. The van der Waals surface area contributed by atoms with E-state index in [4.69, 9.17) is 5.41 Å². The largest absolute Gasteiger partial charge is 0.298 e. The second-order valence-electron chi connectivity index (χ2n) is 4.04. The van der Waals surface area contributed by atoms with Gasteiger partial charge in [0.1, 0.15) is 0 Å².